The van der Waals surface area contributed by atoms with E-state index >= 15 is 0 Å². The van der Waals surface area contributed by atoms with Gasteiger partial charge in [0.05, 0.1) is 0 Å². The fraction of sp³-hybridized carbons (Fsp3) is 1.00. The minimum Gasteiger partial charge on any atom is -0.327 e. The lowest BCUT2D eigenvalue weighted by atomic mass is 9.92. The maximum Gasteiger partial charge on any atom is 0.0176 e. The van der Waals surface area contributed by atoms with Crippen molar-refractivity contribution in [3.05, 3.63) is 0 Å². The Morgan fingerprint density at radius 3 is 2.89 bits per heavy atom. The van der Waals surface area contributed by atoms with Crippen LogP contribution in [-0.4, -0.2) is 19.1 Å². The fourth-order valence-corrected chi connectivity index (χ4v) is 1.30. The van der Waals surface area contributed by atoms with Crippen molar-refractivity contribution in [3.8, 4) is 0 Å². The molecule has 53 valence electrons. The third kappa shape index (κ3) is 1.66. The van der Waals surface area contributed by atoms with Gasteiger partial charge in [0.2, 0.25) is 0 Å². The molecule has 1 aliphatic rings. The van der Waals surface area contributed by atoms with Gasteiger partial charge in [-0.3, -0.25) is 0 Å². The summed E-state index contributed by atoms with van der Waals surface area (Å²) >= 11 is 0. The van der Waals surface area contributed by atoms with Gasteiger partial charge in [0.1, 0.15) is 0 Å². The van der Waals surface area contributed by atoms with Crippen LogP contribution < -0.4 is 11.1 Å². The zero-order valence-corrected chi connectivity index (χ0v) is 6.01. The summed E-state index contributed by atoms with van der Waals surface area (Å²) in [6.45, 7) is 4.17. The molecular weight excluding hydrogens is 112 g/mol. The largest absolute Gasteiger partial charge is 0.327 e. The molecule has 0 saturated carbocycles. The SMILES string of the molecule is CCC1C[N]CCC1N. The maximum atomic E-state index is 5.83. The molecule has 2 unspecified atom stereocenters. The second-order valence-corrected chi connectivity index (χ2v) is 2.75. The molecule has 0 amide bonds. The van der Waals surface area contributed by atoms with Gasteiger partial charge in [-0.2, -0.15) is 0 Å². The van der Waals surface area contributed by atoms with Crippen molar-refractivity contribution in [3.63, 3.8) is 0 Å². The monoisotopic (exact) mass is 127 g/mol. The maximum absolute atomic E-state index is 5.83. The minimum absolute atomic E-state index is 0.424. The van der Waals surface area contributed by atoms with Crippen LogP contribution in [0, 0.1) is 5.92 Å². The molecule has 0 aromatic heterocycles. The zero-order chi connectivity index (χ0) is 6.69. The normalized spacial score (nSPS) is 36.7. The second kappa shape index (κ2) is 3.18. The number of nitrogens with zero attached hydrogens (tertiary/aromatic N) is 1. The summed E-state index contributed by atoms with van der Waals surface area (Å²) in [5.74, 6) is 0.666. The van der Waals surface area contributed by atoms with Gasteiger partial charge in [-0.1, -0.05) is 13.3 Å². The topological polar surface area (TPSA) is 40.1 Å². The average Bonchev–Trinajstić information content (AvgIpc) is 1.89. The molecule has 2 heteroatoms. The summed E-state index contributed by atoms with van der Waals surface area (Å²) in [6.07, 6.45) is 2.28. The van der Waals surface area contributed by atoms with Crippen molar-refractivity contribution in [1.29, 1.82) is 0 Å². The van der Waals surface area contributed by atoms with E-state index in [0.29, 0.717) is 12.0 Å². The Morgan fingerprint density at radius 2 is 2.44 bits per heavy atom. The van der Waals surface area contributed by atoms with Crippen LogP contribution >= 0.6 is 0 Å². The Balaban J connectivity index is 2.30. The van der Waals surface area contributed by atoms with Gasteiger partial charge in [-0.15, -0.1) is 0 Å². The van der Waals surface area contributed by atoms with Gasteiger partial charge in [-0.25, -0.2) is 5.32 Å². The van der Waals surface area contributed by atoms with E-state index in [2.05, 4.69) is 12.2 Å². The minimum atomic E-state index is 0.424. The smallest absolute Gasteiger partial charge is 0.0176 e. The number of rotatable bonds is 1. The molecule has 0 spiro atoms. The molecule has 1 heterocycles. The third-order valence-electron chi connectivity index (χ3n) is 2.11. The summed E-state index contributed by atoms with van der Waals surface area (Å²) in [6, 6.07) is 0.424. The number of hydrogen-bond donors (Lipinski definition) is 1. The predicted octanol–water partition coefficient (Wildman–Crippen LogP) is 0.348. The van der Waals surface area contributed by atoms with Gasteiger partial charge < -0.3 is 5.73 Å². The Kier molecular flexibility index (Phi) is 2.49. The van der Waals surface area contributed by atoms with E-state index in [9.17, 15) is 0 Å². The van der Waals surface area contributed by atoms with E-state index in [4.69, 9.17) is 5.73 Å². The highest BCUT2D eigenvalue weighted by Crippen LogP contribution is 2.12. The van der Waals surface area contributed by atoms with Crippen LogP contribution in [0.25, 0.3) is 0 Å². The van der Waals surface area contributed by atoms with E-state index in [1.165, 1.54) is 6.42 Å². The lowest BCUT2D eigenvalue weighted by Gasteiger charge is -2.26. The molecule has 2 N–H and O–H groups in total. The first-order valence-corrected chi connectivity index (χ1v) is 3.73. The molecule has 9 heavy (non-hydrogen) atoms. The Bertz CT molecular complexity index is 83.0. The van der Waals surface area contributed by atoms with Crippen molar-refractivity contribution in [2.24, 2.45) is 11.7 Å². The molecular formula is C7H15N2. The van der Waals surface area contributed by atoms with E-state index < -0.39 is 0 Å². The Labute approximate surface area is 56.8 Å². The van der Waals surface area contributed by atoms with Gasteiger partial charge in [-0.05, 0) is 12.3 Å². The Hall–Kier alpha value is -0.0800. The second-order valence-electron chi connectivity index (χ2n) is 2.75. The molecule has 1 saturated heterocycles. The van der Waals surface area contributed by atoms with Crippen molar-refractivity contribution < 1.29 is 0 Å². The van der Waals surface area contributed by atoms with Gasteiger partial charge >= 0.3 is 0 Å². The van der Waals surface area contributed by atoms with Crippen molar-refractivity contribution in [2.45, 2.75) is 25.8 Å². The highest BCUT2D eigenvalue weighted by Gasteiger charge is 2.19. The molecule has 1 rings (SSSR count). The first kappa shape index (κ1) is 7.03. The van der Waals surface area contributed by atoms with Crippen molar-refractivity contribution >= 4 is 0 Å². The molecule has 1 fully saturated rings. The number of hydrogen-bond acceptors (Lipinski definition) is 1. The van der Waals surface area contributed by atoms with Crippen LogP contribution in [0.3, 0.4) is 0 Å². The van der Waals surface area contributed by atoms with Gasteiger partial charge in [0, 0.05) is 19.1 Å². The highest BCUT2D eigenvalue weighted by atomic mass is 14.9. The Morgan fingerprint density at radius 1 is 1.67 bits per heavy atom. The number of piperidine rings is 1. The lowest BCUT2D eigenvalue weighted by molar-refractivity contribution is 0.314. The molecule has 0 aromatic rings. The van der Waals surface area contributed by atoms with Crippen LogP contribution in [0.15, 0.2) is 0 Å². The van der Waals surface area contributed by atoms with Crippen LogP contribution in [0.2, 0.25) is 0 Å². The third-order valence-corrected chi connectivity index (χ3v) is 2.11. The first-order chi connectivity index (χ1) is 4.34. The fourth-order valence-electron chi connectivity index (χ4n) is 1.30. The van der Waals surface area contributed by atoms with Crippen LogP contribution in [0.4, 0.5) is 0 Å². The summed E-state index contributed by atoms with van der Waals surface area (Å²) in [7, 11) is 0. The molecule has 2 nitrogen and oxygen atoms in total. The van der Waals surface area contributed by atoms with Crippen molar-refractivity contribution in [2.75, 3.05) is 13.1 Å². The van der Waals surface area contributed by atoms with Crippen LogP contribution in [0.1, 0.15) is 19.8 Å². The summed E-state index contributed by atoms with van der Waals surface area (Å²) in [5.41, 5.74) is 5.83. The summed E-state index contributed by atoms with van der Waals surface area (Å²) < 4.78 is 0. The molecule has 1 aliphatic heterocycles. The summed E-state index contributed by atoms with van der Waals surface area (Å²) in [5, 5.41) is 4.30. The van der Waals surface area contributed by atoms with E-state index in [1.807, 2.05) is 0 Å². The molecule has 0 aromatic carbocycles. The van der Waals surface area contributed by atoms with Gasteiger partial charge in [0.25, 0.3) is 0 Å². The summed E-state index contributed by atoms with van der Waals surface area (Å²) in [4.78, 5) is 0. The van der Waals surface area contributed by atoms with E-state index in [-0.39, 0.29) is 0 Å². The van der Waals surface area contributed by atoms with Crippen molar-refractivity contribution in [1.82, 2.24) is 5.32 Å². The zero-order valence-electron chi connectivity index (χ0n) is 6.01. The highest BCUT2D eigenvalue weighted by molar-refractivity contribution is 4.78. The molecule has 0 aliphatic carbocycles. The van der Waals surface area contributed by atoms with Crippen LogP contribution in [0.5, 0.6) is 0 Å². The standard InChI is InChI=1S/C7H15N2/c1-2-6-5-9-4-3-7(6)8/h6-7H,2-5,8H2,1H3. The average molecular weight is 127 g/mol. The molecule has 0 bridgehead atoms. The van der Waals surface area contributed by atoms with Crippen LogP contribution in [-0.2, 0) is 0 Å². The predicted molar refractivity (Wildman–Crippen MR) is 38.2 cm³/mol. The van der Waals surface area contributed by atoms with Gasteiger partial charge in [0.15, 0.2) is 0 Å². The lowest BCUT2D eigenvalue weighted by Crippen LogP contribution is -2.41. The first-order valence-electron chi connectivity index (χ1n) is 3.73. The number of nitrogens with two attached hydrogens (primary N) is 1. The molecule has 2 atom stereocenters. The van der Waals surface area contributed by atoms with E-state index in [1.54, 1.807) is 0 Å². The molecule has 1 radical (unpaired) electrons. The quantitative estimate of drug-likeness (QED) is 0.542. The van der Waals surface area contributed by atoms with E-state index in [0.717, 1.165) is 19.5 Å².